The van der Waals surface area contributed by atoms with E-state index in [2.05, 4.69) is 18.3 Å². The number of benzene rings is 1. The Bertz CT molecular complexity index is 694. The van der Waals surface area contributed by atoms with Crippen molar-refractivity contribution in [3.8, 4) is 12.3 Å². The van der Waals surface area contributed by atoms with Crippen LogP contribution in [0.2, 0.25) is 0 Å². The molecule has 0 saturated carbocycles. The minimum atomic E-state index is 0.205. The average molecular weight is 308 g/mol. The number of likely N-dealkylation sites (tertiary alicyclic amines) is 2. The molecule has 0 unspecified atom stereocenters. The van der Waals surface area contributed by atoms with Crippen LogP contribution in [0.3, 0.4) is 0 Å². The lowest BCUT2D eigenvalue weighted by molar-refractivity contribution is -0.136. The summed E-state index contributed by atoms with van der Waals surface area (Å²) in [6, 6.07) is 8.11. The van der Waals surface area contributed by atoms with Crippen molar-refractivity contribution in [3.63, 3.8) is 0 Å². The standard InChI is InChI=1S/C18H20N4O/c1-13-6-15(2-3-16(13)8-19)17-10-22(11-17)18(23)7-14-4-5-21(9-14)12-20/h2-3,6,14,17H,4-5,7,9-11H2,1H3/t14-/m0/s1. The van der Waals surface area contributed by atoms with E-state index in [0.717, 1.165) is 31.6 Å². The Balaban J connectivity index is 1.51. The van der Waals surface area contributed by atoms with E-state index in [1.165, 1.54) is 5.56 Å². The lowest BCUT2D eigenvalue weighted by atomic mass is 9.88. The fourth-order valence-corrected chi connectivity index (χ4v) is 3.43. The summed E-state index contributed by atoms with van der Waals surface area (Å²) in [7, 11) is 0. The van der Waals surface area contributed by atoms with Gasteiger partial charge in [0.15, 0.2) is 6.19 Å². The van der Waals surface area contributed by atoms with Gasteiger partial charge in [-0.1, -0.05) is 12.1 Å². The SMILES string of the molecule is Cc1cc(C2CN(C(=O)C[C@@H]3CCN(C#N)C3)C2)ccc1C#N. The van der Waals surface area contributed by atoms with Crippen LogP contribution in [-0.4, -0.2) is 41.9 Å². The van der Waals surface area contributed by atoms with Gasteiger partial charge < -0.3 is 9.80 Å². The number of aryl methyl sites for hydroxylation is 1. The molecule has 23 heavy (non-hydrogen) atoms. The maximum atomic E-state index is 12.3. The van der Waals surface area contributed by atoms with Crippen LogP contribution in [0.25, 0.3) is 0 Å². The topological polar surface area (TPSA) is 71.1 Å². The minimum absolute atomic E-state index is 0.205. The van der Waals surface area contributed by atoms with Crippen LogP contribution in [0.1, 0.15) is 35.4 Å². The number of hydrogen-bond acceptors (Lipinski definition) is 4. The van der Waals surface area contributed by atoms with Gasteiger partial charge in [0, 0.05) is 38.5 Å². The normalized spacial score (nSPS) is 20.7. The predicted molar refractivity (Wildman–Crippen MR) is 85.1 cm³/mol. The summed E-state index contributed by atoms with van der Waals surface area (Å²) >= 11 is 0. The van der Waals surface area contributed by atoms with Crippen LogP contribution in [0, 0.1) is 35.6 Å². The second-order valence-electron chi connectivity index (χ2n) is 6.59. The summed E-state index contributed by atoms with van der Waals surface area (Å²) in [5, 5.41) is 17.8. The van der Waals surface area contributed by atoms with Crippen molar-refractivity contribution in [3.05, 3.63) is 34.9 Å². The maximum Gasteiger partial charge on any atom is 0.222 e. The van der Waals surface area contributed by atoms with Gasteiger partial charge in [-0.05, 0) is 36.5 Å². The zero-order valence-electron chi connectivity index (χ0n) is 13.3. The molecule has 0 spiro atoms. The van der Waals surface area contributed by atoms with Gasteiger partial charge in [-0.3, -0.25) is 4.79 Å². The highest BCUT2D eigenvalue weighted by Gasteiger charge is 2.34. The number of carbonyl (C=O) groups is 1. The third kappa shape index (κ3) is 3.14. The van der Waals surface area contributed by atoms with Crippen LogP contribution < -0.4 is 0 Å². The Hall–Kier alpha value is -2.53. The molecule has 2 fully saturated rings. The number of nitrogens with zero attached hydrogens (tertiary/aromatic N) is 4. The molecule has 0 bridgehead atoms. The number of amides is 1. The number of carbonyl (C=O) groups excluding carboxylic acids is 1. The maximum absolute atomic E-state index is 12.3. The van der Waals surface area contributed by atoms with E-state index in [1.54, 1.807) is 4.90 Å². The van der Waals surface area contributed by atoms with E-state index >= 15 is 0 Å². The minimum Gasteiger partial charge on any atom is -0.341 e. The predicted octanol–water partition coefficient (Wildman–Crippen LogP) is 1.99. The van der Waals surface area contributed by atoms with Crippen LogP contribution in [0.15, 0.2) is 18.2 Å². The highest BCUT2D eigenvalue weighted by atomic mass is 16.2. The summed E-state index contributed by atoms with van der Waals surface area (Å²) in [4.78, 5) is 15.9. The molecule has 2 aliphatic heterocycles. The molecule has 0 radical (unpaired) electrons. The molecule has 2 aliphatic rings. The fraction of sp³-hybridized carbons (Fsp3) is 0.500. The molecule has 1 amide bonds. The van der Waals surface area contributed by atoms with Crippen molar-refractivity contribution in [2.75, 3.05) is 26.2 Å². The Labute approximate surface area is 136 Å². The molecule has 0 aromatic heterocycles. The molecule has 1 atom stereocenters. The number of nitriles is 2. The van der Waals surface area contributed by atoms with Gasteiger partial charge in [-0.2, -0.15) is 10.5 Å². The smallest absolute Gasteiger partial charge is 0.222 e. The van der Waals surface area contributed by atoms with Crippen LogP contribution in [-0.2, 0) is 4.79 Å². The van der Waals surface area contributed by atoms with E-state index in [4.69, 9.17) is 10.5 Å². The van der Waals surface area contributed by atoms with Crippen LogP contribution in [0.4, 0.5) is 0 Å². The highest BCUT2D eigenvalue weighted by molar-refractivity contribution is 5.77. The molecule has 118 valence electrons. The second-order valence-corrected chi connectivity index (χ2v) is 6.59. The van der Waals surface area contributed by atoms with Gasteiger partial charge in [0.2, 0.25) is 5.91 Å². The summed E-state index contributed by atoms with van der Waals surface area (Å²) in [5.74, 6) is 0.902. The molecular weight excluding hydrogens is 288 g/mol. The van der Waals surface area contributed by atoms with Crippen molar-refractivity contribution >= 4 is 5.91 Å². The molecular formula is C18H20N4O. The summed E-state index contributed by atoms with van der Waals surface area (Å²) < 4.78 is 0. The Morgan fingerprint density at radius 1 is 1.30 bits per heavy atom. The fourth-order valence-electron chi connectivity index (χ4n) is 3.43. The zero-order valence-corrected chi connectivity index (χ0v) is 13.3. The molecule has 5 nitrogen and oxygen atoms in total. The molecule has 3 rings (SSSR count). The summed E-state index contributed by atoms with van der Waals surface area (Å²) in [6.07, 6.45) is 3.64. The van der Waals surface area contributed by atoms with E-state index < -0.39 is 0 Å². The Morgan fingerprint density at radius 3 is 2.70 bits per heavy atom. The Kier molecular flexibility index (Phi) is 4.21. The average Bonchev–Trinajstić information content (AvgIpc) is 2.93. The van der Waals surface area contributed by atoms with Gasteiger partial charge in [0.1, 0.15) is 0 Å². The van der Waals surface area contributed by atoms with Gasteiger partial charge in [-0.25, -0.2) is 0 Å². The zero-order chi connectivity index (χ0) is 16.4. The number of rotatable bonds is 3. The lowest BCUT2D eigenvalue weighted by Crippen LogP contribution is -2.49. The first-order valence-electron chi connectivity index (χ1n) is 8.03. The van der Waals surface area contributed by atoms with Gasteiger partial charge in [0.25, 0.3) is 0 Å². The first-order chi connectivity index (χ1) is 11.1. The summed E-state index contributed by atoms with van der Waals surface area (Å²) in [5.41, 5.74) is 2.92. The highest BCUT2D eigenvalue weighted by Crippen LogP contribution is 2.30. The third-order valence-corrected chi connectivity index (χ3v) is 4.97. The number of hydrogen-bond donors (Lipinski definition) is 0. The largest absolute Gasteiger partial charge is 0.341 e. The molecule has 0 aliphatic carbocycles. The van der Waals surface area contributed by atoms with Crippen molar-refractivity contribution in [2.45, 2.75) is 25.7 Å². The molecule has 5 heteroatoms. The third-order valence-electron chi connectivity index (χ3n) is 4.97. The quantitative estimate of drug-likeness (QED) is 0.801. The van der Waals surface area contributed by atoms with Crippen molar-refractivity contribution < 1.29 is 4.79 Å². The van der Waals surface area contributed by atoms with E-state index in [9.17, 15) is 4.79 Å². The molecule has 0 N–H and O–H groups in total. The summed E-state index contributed by atoms with van der Waals surface area (Å²) in [6.45, 7) is 4.97. The van der Waals surface area contributed by atoms with Crippen LogP contribution >= 0.6 is 0 Å². The van der Waals surface area contributed by atoms with Gasteiger partial charge in [-0.15, -0.1) is 0 Å². The molecule has 2 heterocycles. The molecule has 1 aromatic carbocycles. The molecule has 1 aromatic rings. The molecule has 2 saturated heterocycles. The van der Waals surface area contributed by atoms with Crippen LogP contribution in [0.5, 0.6) is 0 Å². The monoisotopic (exact) mass is 308 g/mol. The lowest BCUT2D eigenvalue weighted by Gasteiger charge is -2.40. The second kappa shape index (κ2) is 6.30. The van der Waals surface area contributed by atoms with E-state index in [-0.39, 0.29) is 5.91 Å². The van der Waals surface area contributed by atoms with E-state index in [0.29, 0.717) is 30.4 Å². The first kappa shape index (κ1) is 15.4. The van der Waals surface area contributed by atoms with Crippen molar-refractivity contribution in [1.82, 2.24) is 9.80 Å². The van der Waals surface area contributed by atoms with E-state index in [1.807, 2.05) is 24.0 Å². The Morgan fingerprint density at radius 2 is 2.09 bits per heavy atom. The van der Waals surface area contributed by atoms with Crippen molar-refractivity contribution in [2.24, 2.45) is 5.92 Å². The first-order valence-corrected chi connectivity index (χ1v) is 8.03. The van der Waals surface area contributed by atoms with Crippen molar-refractivity contribution in [1.29, 1.82) is 10.5 Å². The van der Waals surface area contributed by atoms with Gasteiger partial charge in [0.05, 0.1) is 11.6 Å². The van der Waals surface area contributed by atoms with Gasteiger partial charge >= 0.3 is 0 Å².